The van der Waals surface area contributed by atoms with Crippen molar-refractivity contribution in [1.82, 2.24) is 9.38 Å². The van der Waals surface area contributed by atoms with Gasteiger partial charge in [-0.05, 0) is 40.9 Å². The van der Waals surface area contributed by atoms with Crippen LogP contribution in [0.3, 0.4) is 0 Å². The fourth-order valence-electron chi connectivity index (χ4n) is 1.89. The van der Waals surface area contributed by atoms with Gasteiger partial charge in [0.2, 0.25) is 0 Å². The van der Waals surface area contributed by atoms with Gasteiger partial charge in [0.15, 0.2) is 5.69 Å². The van der Waals surface area contributed by atoms with Gasteiger partial charge in [0.1, 0.15) is 5.65 Å². The minimum Gasteiger partial charge on any atom is -0.477 e. The molecule has 2 rings (SSSR count). The van der Waals surface area contributed by atoms with Crippen LogP contribution in [0.5, 0.6) is 0 Å². The van der Waals surface area contributed by atoms with Crippen LogP contribution in [0.4, 0.5) is 0 Å². The van der Waals surface area contributed by atoms with Crippen LogP contribution in [0.15, 0.2) is 16.6 Å². The van der Waals surface area contributed by atoms with Gasteiger partial charge in [-0.3, -0.25) is 4.40 Å². The number of aromatic carboxylic acids is 1. The highest BCUT2D eigenvalue weighted by Gasteiger charge is 2.22. The summed E-state index contributed by atoms with van der Waals surface area (Å²) in [6.45, 7) is 5.76. The Bertz CT molecular complexity index is 602. The number of carboxylic acid groups (broad SMARTS) is 1. The second-order valence-electron chi connectivity index (χ2n) is 4.27. The Labute approximate surface area is 107 Å². The average Bonchev–Trinajstić information content (AvgIpc) is 2.63. The lowest BCUT2D eigenvalue weighted by atomic mass is 10.1. The third-order valence-corrected chi connectivity index (χ3v) is 3.58. The maximum absolute atomic E-state index is 11.4. The summed E-state index contributed by atoms with van der Waals surface area (Å²) in [5.41, 5.74) is 2.40. The number of hydrogen-bond acceptors (Lipinski definition) is 2. The summed E-state index contributed by atoms with van der Waals surface area (Å²) in [5.74, 6) is -0.860. The number of fused-ring (bicyclic) bond motifs is 1. The van der Waals surface area contributed by atoms with Crippen molar-refractivity contribution in [2.75, 3.05) is 0 Å². The second kappa shape index (κ2) is 4.14. The van der Waals surface area contributed by atoms with Crippen LogP contribution in [-0.2, 0) is 0 Å². The molecule has 2 aromatic heterocycles. The first kappa shape index (κ1) is 12.1. The number of aryl methyl sites for hydroxylation is 1. The molecule has 0 aliphatic carbocycles. The lowest BCUT2D eigenvalue weighted by molar-refractivity contribution is 0.0687. The van der Waals surface area contributed by atoms with Gasteiger partial charge in [-0.25, -0.2) is 9.78 Å². The van der Waals surface area contributed by atoms with Gasteiger partial charge in [-0.1, -0.05) is 13.8 Å². The summed E-state index contributed by atoms with van der Waals surface area (Å²) >= 11 is 3.40. The molecule has 0 spiro atoms. The van der Waals surface area contributed by atoms with E-state index in [0.29, 0.717) is 11.3 Å². The van der Waals surface area contributed by atoms with Gasteiger partial charge in [0, 0.05) is 10.2 Å². The van der Waals surface area contributed by atoms with Gasteiger partial charge >= 0.3 is 5.97 Å². The smallest absolute Gasteiger partial charge is 0.354 e. The van der Waals surface area contributed by atoms with Crippen molar-refractivity contribution in [3.63, 3.8) is 0 Å². The molecular weight excluding hydrogens is 284 g/mol. The van der Waals surface area contributed by atoms with Crippen molar-refractivity contribution in [1.29, 1.82) is 0 Å². The summed E-state index contributed by atoms with van der Waals surface area (Å²) in [7, 11) is 0. The third-order valence-electron chi connectivity index (χ3n) is 2.74. The van der Waals surface area contributed by atoms with E-state index >= 15 is 0 Å². The minimum absolute atomic E-state index is 0.0826. The van der Waals surface area contributed by atoms with Crippen LogP contribution in [0.25, 0.3) is 5.65 Å². The summed E-state index contributed by atoms with van der Waals surface area (Å²) in [6.07, 6.45) is 0. The molecule has 0 aliphatic heterocycles. The summed E-state index contributed by atoms with van der Waals surface area (Å²) < 4.78 is 2.56. The number of pyridine rings is 1. The number of carboxylic acids is 1. The zero-order valence-corrected chi connectivity index (χ0v) is 11.4. The van der Waals surface area contributed by atoms with Crippen LogP contribution in [0.2, 0.25) is 0 Å². The normalized spacial score (nSPS) is 11.4. The van der Waals surface area contributed by atoms with E-state index in [1.54, 1.807) is 4.40 Å². The molecule has 17 heavy (non-hydrogen) atoms. The quantitative estimate of drug-likeness (QED) is 0.926. The molecule has 0 radical (unpaired) electrons. The fourth-order valence-corrected chi connectivity index (χ4v) is 2.20. The Balaban J connectivity index is 2.92. The number of nitrogens with zero attached hydrogens (tertiary/aromatic N) is 2. The number of hydrogen-bond donors (Lipinski definition) is 1. The van der Waals surface area contributed by atoms with Crippen molar-refractivity contribution in [2.45, 2.75) is 26.7 Å². The van der Waals surface area contributed by atoms with E-state index in [2.05, 4.69) is 20.9 Å². The molecule has 1 N–H and O–H groups in total. The predicted molar refractivity (Wildman–Crippen MR) is 68.7 cm³/mol. The largest absolute Gasteiger partial charge is 0.477 e. The highest BCUT2D eigenvalue weighted by Crippen LogP contribution is 2.25. The molecule has 0 atom stereocenters. The zero-order valence-electron chi connectivity index (χ0n) is 9.86. The number of aromatic nitrogens is 2. The van der Waals surface area contributed by atoms with Crippen molar-refractivity contribution >= 4 is 27.5 Å². The van der Waals surface area contributed by atoms with Crippen molar-refractivity contribution in [2.24, 2.45) is 0 Å². The number of carbonyl (C=O) groups is 1. The van der Waals surface area contributed by atoms with E-state index in [1.165, 1.54) is 0 Å². The van der Waals surface area contributed by atoms with Crippen molar-refractivity contribution in [3.05, 3.63) is 33.7 Å². The first-order valence-electron chi connectivity index (χ1n) is 5.34. The first-order chi connectivity index (χ1) is 7.93. The summed E-state index contributed by atoms with van der Waals surface area (Å²) in [5, 5.41) is 9.34. The van der Waals surface area contributed by atoms with Crippen molar-refractivity contribution in [3.8, 4) is 0 Å². The Kier molecular flexibility index (Phi) is 2.95. The first-order valence-corrected chi connectivity index (χ1v) is 6.13. The van der Waals surface area contributed by atoms with Gasteiger partial charge in [-0.2, -0.15) is 0 Å². The Hall–Kier alpha value is -1.36. The monoisotopic (exact) mass is 296 g/mol. The predicted octanol–water partition coefficient (Wildman–Crippen LogP) is 3.23. The lowest BCUT2D eigenvalue weighted by Gasteiger charge is -2.06. The molecule has 90 valence electrons. The Morgan fingerprint density at radius 3 is 2.65 bits per heavy atom. The average molecular weight is 297 g/mol. The van der Waals surface area contributed by atoms with E-state index in [-0.39, 0.29) is 11.6 Å². The fraction of sp³-hybridized carbons (Fsp3) is 0.333. The van der Waals surface area contributed by atoms with E-state index in [4.69, 9.17) is 0 Å². The maximum Gasteiger partial charge on any atom is 0.354 e. The van der Waals surface area contributed by atoms with E-state index in [1.807, 2.05) is 32.9 Å². The molecule has 5 heteroatoms. The van der Waals surface area contributed by atoms with E-state index in [0.717, 1.165) is 10.2 Å². The number of imidazole rings is 1. The zero-order chi connectivity index (χ0) is 12.7. The Morgan fingerprint density at radius 2 is 2.12 bits per heavy atom. The van der Waals surface area contributed by atoms with Crippen LogP contribution >= 0.6 is 15.9 Å². The van der Waals surface area contributed by atoms with Gasteiger partial charge in [-0.15, -0.1) is 0 Å². The molecule has 2 aromatic rings. The molecule has 0 aromatic carbocycles. The van der Waals surface area contributed by atoms with Crippen molar-refractivity contribution < 1.29 is 9.90 Å². The van der Waals surface area contributed by atoms with E-state index < -0.39 is 5.97 Å². The molecule has 2 heterocycles. The van der Waals surface area contributed by atoms with Crippen LogP contribution in [0.1, 0.15) is 41.6 Å². The van der Waals surface area contributed by atoms with Gasteiger partial charge < -0.3 is 5.11 Å². The molecule has 0 saturated heterocycles. The molecular formula is C12H13BrN2O2. The minimum atomic E-state index is -0.942. The van der Waals surface area contributed by atoms with Crippen LogP contribution < -0.4 is 0 Å². The third kappa shape index (κ3) is 1.84. The Morgan fingerprint density at radius 1 is 1.47 bits per heavy atom. The molecule has 4 nitrogen and oxygen atoms in total. The summed E-state index contributed by atoms with van der Waals surface area (Å²) in [4.78, 5) is 15.8. The number of halogens is 1. The van der Waals surface area contributed by atoms with Gasteiger partial charge in [0.05, 0.1) is 5.69 Å². The number of rotatable bonds is 2. The highest BCUT2D eigenvalue weighted by atomic mass is 79.9. The molecule has 0 fully saturated rings. The topological polar surface area (TPSA) is 54.6 Å². The van der Waals surface area contributed by atoms with Gasteiger partial charge in [0.25, 0.3) is 0 Å². The molecule has 0 saturated carbocycles. The summed E-state index contributed by atoms with van der Waals surface area (Å²) in [6, 6.07) is 3.70. The highest BCUT2D eigenvalue weighted by molar-refractivity contribution is 9.10. The van der Waals surface area contributed by atoms with Crippen LogP contribution in [0, 0.1) is 6.92 Å². The SMILES string of the molecule is Cc1c(Br)ccc2nc(C(C)C)c(C(=O)O)n12. The molecule has 0 unspecified atom stereocenters. The maximum atomic E-state index is 11.4. The molecule has 0 aliphatic rings. The molecule has 0 amide bonds. The second-order valence-corrected chi connectivity index (χ2v) is 5.12. The van der Waals surface area contributed by atoms with Crippen LogP contribution in [-0.4, -0.2) is 20.5 Å². The standard InChI is InChI=1S/C12H13BrN2O2/c1-6(2)10-11(12(16)17)15-7(3)8(13)4-5-9(15)14-10/h4-6H,1-3H3,(H,16,17). The molecule has 0 bridgehead atoms. The lowest BCUT2D eigenvalue weighted by Crippen LogP contribution is -2.08. The van der Waals surface area contributed by atoms with E-state index in [9.17, 15) is 9.90 Å².